The molecular formula is C19H19ClN8O3S2. The minimum Gasteiger partial charge on any atom is -0.404 e. The number of hydrogen-bond acceptors (Lipinski definition) is 8. The number of ether oxygens (including phenoxy) is 1. The summed E-state index contributed by atoms with van der Waals surface area (Å²) in [6.45, 7) is 0.453. The summed E-state index contributed by atoms with van der Waals surface area (Å²) >= 11 is 8.29. The van der Waals surface area contributed by atoms with Gasteiger partial charge in [-0.2, -0.15) is 9.47 Å². The smallest absolute Gasteiger partial charge is 0.404 e. The van der Waals surface area contributed by atoms with E-state index in [0.29, 0.717) is 33.4 Å². The molecule has 3 amide bonds. The molecule has 0 unspecified atom stereocenters. The van der Waals surface area contributed by atoms with Crippen LogP contribution in [0.4, 0.5) is 14.7 Å². The minimum atomic E-state index is -0.590. The minimum absolute atomic E-state index is 0.103. The Morgan fingerprint density at radius 2 is 2.06 bits per heavy atom. The summed E-state index contributed by atoms with van der Waals surface area (Å²) in [4.78, 5) is 31.1. The highest BCUT2D eigenvalue weighted by Gasteiger charge is 2.19. The average molecular weight is 507 g/mol. The van der Waals surface area contributed by atoms with E-state index in [1.807, 2.05) is 30.6 Å². The molecule has 0 spiro atoms. The highest BCUT2D eigenvalue weighted by molar-refractivity contribution is 7.16. The number of carbonyl (C=O) groups excluding carboxylic acids is 2. The standard InChI is InChI=1S/C19H19ClN8O3S2/c1-26(19(30)31-13-10-22-27(2)16(13)28-7-3-4-8-28)11-15-23-18(33-25-15)24-17(29)21-9-12-5-6-14(20)32-12/h3-8,10H,9,11H2,1-2H3,(H2,21,23,24,25,29). The number of aromatic nitrogens is 5. The molecule has 2 N–H and O–H groups in total. The lowest BCUT2D eigenvalue weighted by molar-refractivity contribution is 0.159. The number of nitrogens with one attached hydrogen (secondary N) is 2. The summed E-state index contributed by atoms with van der Waals surface area (Å²) in [5, 5.41) is 9.82. The fourth-order valence-electron chi connectivity index (χ4n) is 2.83. The Morgan fingerprint density at radius 3 is 2.79 bits per heavy atom. The van der Waals surface area contributed by atoms with Gasteiger partial charge in [-0.05, 0) is 24.3 Å². The Labute approximate surface area is 201 Å². The van der Waals surface area contributed by atoms with E-state index >= 15 is 0 Å². The van der Waals surface area contributed by atoms with Crippen molar-refractivity contribution in [1.29, 1.82) is 0 Å². The lowest BCUT2D eigenvalue weighted by Crippen LogP contribution is -2.30. The second kappa shape index (κ2) is 10.0. The van der Waals surface area contributed by atoms with Crippen LogP contribution >= 0.6 is 34.5 Å². The van der Waals surface area contributed by atoms with Crippen LogP contribution in [0.25, 0.3) is 5.82 Å². The Morgan fingerprint density at radius 1 is 1.27 bits per heavy atom. The Hall–Kier alpha value is -3.42. The summed E-state index contributed by atoms with van der Waals surface area (Å²) in [5.74, 6) is 1.32. The van der Waals surface area contributed by atoms with Gasteiger partial charge in [0.15, 0.2) is 17.4 Å². The number of halogens is 1. The number of carbonyl (C=O) groups is 2. The number of nitrogens with zero attached hydrogens (tertiary/aromatic N) is 6. The van der Waals surface area contributed by atoms with Crippen molar-refractivity contribution in [2.24, 2.45) is 7.05 Å². The van der Waals surface area contributed by atoms with Gasteiger partial charge >= 0.3 is 12.1 Å². The third-order valence-electron chi connectivity index (χ3n) is 4.35. The highest BCUT2D eigenvalue weighted by Crippen LogP contribution is 2.23. The monoisotopic (exact) mass is 506 g/mol. The Bertz CT molecular complexity index is 1250. The van der Waals surface area contributed by atoms with Crippen LogP contribution in [-0.2, 0) is 20.1 Å². The molecule has 0 aliphatic heterocycles. The molecule has 0 aromatic carbocycles. The molecule has 4 aromatic rings. The third kappa shape index (κ3) is 5.69. The van der Waals surface area contributed by atoms with Crippen LogP contribution in [0.2, 0.25) is 4.34 Å². The van der Waals surface area contributed by atoms with Gasteiger partial charge in [0.05, 0.1) is 23.6 Å². The molecule has 4 heterocycles. The molecule has 172 valence electrons. The van der Waals surface area contributed by atoms with Crippen molar-refractivity contribution >= 4 is 51.7 Å². The van der Waals surface area contributed by atoms with Crippen LogP contribution in [0.15, 0.2) is 42.9 Å². The van der Waals surface area contributed by atoms with Crippen molar-refractivity contribution in [3.05, 3.63) is 57.9 Å². The predicted molar refractivity (Wildman–Crippen MR) is 125 cm³/mol. The topological polar surface area (TPSA) is 119 Å². The van der Waals surface area contributed by atoms with E-state index in [4.69, 9.17) is 16.3 Å². The van der Waals surface area contributed by atoms with Gasteiger partial charge in [0.25, 0.3) is 0 Å². The molecule has 0 radical (unpaired) electrons. The molecule has 0 saturated carbocycles. The summed E-state index contributed by atoms with van der Waals surface area (Å²) in [5.41, 5.74) is 0. The second-order valence-corrected chi connectivity index (χ2v) is 9.35. The molecule has 14 heteroatoms. The molecule has 4 rings (SSSR count). The van der Waals surface area contributed by atoms with E-state index in [1.165, 1.54) is 22.4 Å². The molecule has 0 fully saturated rings. The van der Waals surface area contributed by atoms with Gasteiger partial charge in [0.1, 0.15) is 0 Å². The van der Waals surface area contributed by atoms with Crippen LogP contribution in [0.1, 0.15) is 10.7 Å². The normalized spacial score (nSPS) is 10.8. The van der Waals surface area contributed by atoms with Crippen LogP contribution in [-0.4, -0.2) is 47.8 Å². The van der Waals surface area contributed by atoms with Gasteiger partial charge in [0, 0.05) is 42.9 Å². The first-order chi connectivity index (χ1) is 15.9. The van der Waals surface area contributed by atoms with Crippen LogP contribution in [0.5, 0.6) is 5.75 Å². The molecule has 0 aliphatic carbocycles. The fourth-order valence-corrected chi connectivity index (χ4v) is 4.43. The summed E-state index contributed by atoms with van der Waals surface area (Å²) in [6, 6.07) is 6.93. The highest BCUT2D eigenvalue weighted by atomic mass is 35.5. The van der Waals surface area contributed by atoms with Crippen molar-refractivity contribution in [2.75, 3.05) is 12.4 Å². The van der Waals surface area contributed by atoms with E-state index < -0.39 is 12.1 Å². The van der Waals surface area contributed by atoms with Gasteiger partial charge in [-0.25, -0.2) is 19.3 Å². The molecular weight excluding hydrogens is 488 g/mol. The van der Waals surface area contributed by atoms with Crippen molar-refractivity contribution < 1.29 is 14.3 Å². The lowest BCUT2D eigenvalue weighted by Gasteiger charge is -2.15. The molecule has 33 heavy (non-hydrogen) atoms. The number of aryl methyl sites for hydroxylation is 1. The average Bonchev–Trinajstić information content (AvgIpc) is 3.56. The third-order valence-corrected chi connectivity index (χ3v) is 6.25. The summed E-state index contributed by atoms with van der Waals surface area (Å²) < 4.78 is 13.8. The molecule has 11 nitrogen and oxygen atoms in total. The summed E-state index contributed by atoms with van der Waals surface area (Å²) in [6.07, 6.45) is 4.55. The largest absolute Gasteiger partial charge is 0.415 e. The van der Waals surface area contributed by atoms with Crippen molar-refractivity contribution in [1.82, 2.24) is 33.9 Å². The zero-order valence-electron chi connectivity index (χ0n) is 17.6. The number of thiophene rings is 1. The van der Waals surface area contributed by atoms with E-state index in [9.17, 15) is 9.59 Å². The maximum absolute atomic E-state index is 12.6. The van der Waals surface area contributed by atoms with Crippen molar-refractivity contribution in [3.8, 4) is 11.6 Å². The Kier molecular flexibility index (Phi) is 6.91. The molecule has 0 atom stereocenters. The van der Waals surface area contributed by atoms with Gasteiger partial charge in [-0.15, -0.1) is 11.3 Å². The van der Waals surface area contributed by atoms with E-state index in [2.05, 4.69) is 25.1 Å². The van der Waals surface area contributed by atoms with Crippen LogP contribution in [0, 0.1) is 0 Å². The van der Waals surface area contributed by atoms with Gasteiger partial charge in [-0.1, -0.05) is 11.6 Å². The zero-order chi connectivity index (χ0) is 23.4. The molecule has 0 saturated heterocycles. The summed E-state index contributed by atoms with van der Waals surface area (Å²) in [7, 11) is 3.33. The Balaban J connectivity index is 1.30. The zero-order valence-corrected chi connectivity index (χ0v) is 19.9. The number of amides is 3. The van der Waals surface area contributed by atoms with Gasteiger partial charge in [0.2, 0.25) is 5.13 Å². The van der Waals surface area contributed by atoms with Gasteiger partial charge < -0.3 is 19.5 Å². The first-order valence-corrected chi connectivity index (χ1v) is 11.6. The number of hydrogen-bond donors (Lipinski definition) is 2. The van der Waals surface area contributed by atoms with E-state index in [0.717, 1.165) is 16.4 Å². The maximum Gasteiger partial charge on any atom is 0.415 e. The van der Waals surface area contributed by atoms with Crippen LogP contribution in [0.3, 0.4) is 0 Å². The number of urea groups is 1. The quantitative estimate of drug-likeness (QED) is 0.394. The van der Waals surface area contributed by atoms with Crippen molar-refractivity contribution in [2.45, 2.75) is 13.1 Å². The maximum atomic E-state index is 12.6. The number of anilines is 1. The lowest BCUT2D eigenvalue weighted by atomic mass is 10.5. The van der Waals surface area contributed by atoms with Crippen LogP contribution < -0.4 is 15.4 Å². The first kappa shape index (κ1) is 22.8. The van der Waals surface area contributed by atoms with Gasteiger partial charge in [-0.3, -0.25) is 5.32 Å². The SMILES string of the molecule is CN(Cc1nsc(NC(=O)NCc2ccc(Cl)s2)n1)C(=O)Oc1cnn(C)c1-n1cccc1. The molecule has 0 aliphatic rings. The fraction of sp³-hybridized carbons (Fsp3) is 0.211. The molecule has 0 bridgehead atoms. The molecule has 4 aromatic heterocycles. The van der Waals surface area contributed by atoms with E-state index in [1.54, 1.807) is 29.4 Å². The van der Waals surface area contributed by atoms with E-state index in [-0.39, 0.29) is 6.54 Å². The first-order valence-electron chi connectivity index (χ1n) is 9.59. The number of rotatable bonds is 7. The second-order valence-electron chi connectivity index (χ2n) is 6.80. The van der Waals surface area contributed by atoms with Crippen molar-refractivity contribution in [3.63, 3.8) is 0 Å². The predicted octanol–water partition coefficient (Wildman–Crippen LogP) is 3.73.